The summed E-state index contributed by atoms with van der Waals surface area (Å²) in [6.07, 6.45) is 0. The minimum atomic E-state index is -0.340. The normalized spacial score (nSPS) is 11.3. The zero-order valence-corrected chi connectivity index (χ0v) is 26.8. The molecule has 0 fully saturated rings. The Hall–Kier alpha value is -5.11. The van der Waals surface area contributed by atoms with E-state index in [1.807, 2.05) is 105 Å². The number of nitrogens with zero attached hydrogens (tertiary/aromatic N) is 3. The lowest BCUT2D eigenvalue weighted by Gasteiger charge is -2.17. The van der Waals surface area contributed by atoms with Crippen LogP contribution in [-0.2, 0) is 25.1 Å². The third-order valence-electron chi connectivity index (χ3n) is 7.82. The Bertz CT molecular complexity index is 1850. The third-order valence-corrected chi connectivity index (χ3v) is 7.82. The van der Waals surface area contributed by atoms with Crippen molar-refractivity contribution in [1.82, 2.24) is 19.7 Å². The smallest absolute Gasteiger partial charge is 0.320 e. The lowest BCUT2D eigenvalue weighted by atomic mass is 9.92. The van der Waals surface area contributed by atoms with Gasteiger partial charge in [-0.3, -0.25) is 10.1 Å². The van der Waals surface area contributed by atoms with Crippen LogP contribution in [0.15, 0.2) is 95.8 Å². The largest absolute Gasteiger partial charge is 0.488 e. The van der Waals surface area contributed by atoms with Crippen LogP contribution in [0.1, 0.15) is 60.0 Å². The van der Waals surface area contributed by atoms with Crippen LogP contribution in [0.3, 0.4) is 0 Å². The van der Waals surface area contributed by atoms with E-state index < -0.39 is 0 Å². The van der Waals surface area contributed by atoms with E-state index in [1.165, 1.54) is 0 Å². The Morgan fingerprint density at radius 3 is 2.22 bits per heavy atom. The molecule has 0 saturated carbocycles. The maximum Gasteiger partial charge on any atom is 0.320 e. The molecule has 2 aromatic heterocycles. The summed E-state index contributed by atoms with van der Waals surface area (Å²) in [6, 6.07) is 29.2. The molecule has 0 aliphatic heterocycles. The summed E-state index contributed by atoms with van der Waals surface area (Å²) in [5.41, 5.74) is 6.93. The lowest BCUT2D eigenvalue weighted by molar-refractivity contribution is 0.251. The van der Waals surface area contributed by atoms with Gasteiger partial charge in [-0.1, -0.05) is 93.1 Å². The van der Waals surface area contributed by atoms with Gasteiger partial charge >= 0.3 is 6.03 Å². The minimum absolute atomic E-state index is 0.0695. The van der Waals surface area contributed by atoms with Crippen molar-refractivity contribution in [2.24, 2.45) is 0 Å². The molecule has 8 nitrogen and oxygen atoms in total. The van der Waals surface area contributed by atoms with E-state index in [-0.39, 0.29) is 23.6 Å². The van der Waals surface area contributed by atoms with Gasteiger partial charge in [0.05, 0.1) is 23.5 Å². The van der Waals surface area contributed by atoms with Crippen molar-refractivity contribution in [3.05, 3.63) is 141 Å². The molecular weight excluding hydrogens is 562 g/mol. The van der Waals surface area contributed by atoms with Gasteiger partial charge < -0.3 is 14.6 Å². The first-order valence-corrected chi connectivity index (χ1v) is 15.2. The van der Waals surface area contributed by atoms with Gasteiger partial charge in [-0.15, -0.1) is 0 Å². The van der Waals surface area contributed by atoms with Crippen molar-refractivity contribution < 1.29 is 9.53 Å². The fourth-order valence-corrected chi connectivity index (χ4v) is 5.04. The summed E-state index contributed by atoms with van der Waals surface area (Å²) in [4.78, 5) is 26.4. The monoisotopic (exact) mass is 603 g/mol. The number of aromatic nitrogens is 3. The van der Waals surface area contributed by atoms with E-state index >= 15 is 0 Å². The summed E-state index contributed by atoms with van der Waals surface area (Å²) in [7, 11) is 0. The highest BCUT2D eigenvalue weighted by Crippen LogP contribution is 2.26. The average molecular weight is 604 g/mol. The summed E-state index contributed by atoms with van der Waals surface area (Å²) in [5.74, 6) is 1.15. The highest BCUT2D eigenvalue weighted by Gasteiger charge is 2.22. The second kappa shape index (κ2) is 13.3. The number of hydrogen-bond donors (Lipinski definition) is 2. The van der Waals surface area contributed by atoms with Gasteiger partial charge in [0, 0.05) is 23.7 Å². The second-order valence-corrected chi connectivity index (χ2v) is 12.4. The summed E-state index contributed by atoms with van der Waals surface area (Å²) < 4.78 is 9.72. The third kappa shape index (κ3) is 7.52. The quantitative estimate of drug-likeness (QED) is 0.186. The highest BCUT2D eigenvalue weighted by molar-refractivity contribution is 5.88. The summed E-state index contributed by atoms with van der Waals surface area (Å²) in [5, 5.41) is 10.8. The van der Waals surface area contributed by atoms with Crippen LogP contribution in [0.5, 0.6) is 5.75 Å². The first-order valence-electron chi connectivity index (χ1n) is 15.2. The fraction of sp³-hybridized carbons (Fsp3) is 0.270. The number of rotatable bonds is 9. The Morgan fingerprint density at radius 1 is 0.867 bits per heavy atom. The number of amides is 2. The first-order chi connectivity index (χ1) is 21.5. The van der Waals surface area contributed by atoms with Gasteiger partial charge in [0.1, 0.15) is 18.2 Å². The van der Waals surface area contributed by atoms with Gasteiger partial charge in [-0.05, 0) is 55.7 Å². The molecule has 0 bridgehead atoms. The van der Waals surface area contributed by atoms with E-state index in [4.69, 9.17) is 9.84 Å². The van der Waals surface area contributed by atoms with Crippen molar-refractivity contribution in [2.75, 3.05) is 5.32 Å². The molecule has 0 spiro atoms. The number of hydrogen-bond acceptors (Lipinski definition) is 4. The SMILES string of the molecule is Cc1ccc(-n2nc(C(C)(C)C)cc2NC(=O)NCc2ccccc2COc2cc(C)n(Cc3ccccc3)c(=O)c2C)cc1. The van der Waals surface area contributed by atoms with Crippen LogP contribution in [0, 0.1) is 20.8 Å². The molecule has 232 valence electrons. The molecular formula is C37H41N5O3. The second-order valence-electron chi connectivity index (χ2n) is 12.4. The average Bonchev–Trinajstić information content (AvgIpc) is 3.45. The molecule has 8 heteroatoms. The molecule has 0 aliphatic rings. The van der Waals surface area contributed by atoms with Crippen LogP contribution in [0.2, 0.25) is 0 Å². The lowest BCUT2D eigenvalue weighted by Crippen LogP contribution is -2.29. The zero-order chi connectivity index (χ0) is 32.1. The molecule has 2 amide bonds. The molecule has 0 atom stereocenters. The Balaban J connectivity index is 1.27. The van der Waals surface area contributed by atoms with E-state index in [9.17, 15) is 9.59 Å². The standard InChI is InChI=1S/C37H41N5O3/c1-25-16-18-31(19-17-25)42-34(21-33(40-42)37(4,5)6)39-36(44)38-22-29-14-10-11-15-30(29)24-45-32-20-26(2)41(35(43)27(32)3)23-28-12-8-7-9-13-28/h7-21H,22-24H2,1-6H3,(H2,38,39,44). The number of benzene rings is 3. The summed E-state index contributed by atoms with van der Waals surface area (Å²) in [6.45, 7) is 13.1. The number of carbonyl (C=O) groups is 1. The zero-order valence-electron chi connectivity index (χ0n) is 26.8. The molecule has 2 heterocycles. The molecule has 45 heavy (non-hydrogen) atoms. The van der Waals surface area contributed by atoms with Crippen molar-refractivity contribution in [3.8, 4) is 11.4 Å². The molecule has 0 aliphatic carbocycles. The van der Waals surface area contributed by atoms with Crippen LogP contribution in [0.25, 0.3) is 5.69 Å². The number of pyridine rings is 1. The molecule has 0 radical (unpaired) electrons. The molecule has 0 saturated heterocycles. The molecule has 5 aromatic rings. The maximum atomic E-state index is 13.2. The Kier molecular flexibility index (Phi) is 9.23. The van der Waals surface area contributed by atoms with Crippen LogP contribution >= 0.6 is 0 Å². The number of aryl methyl sites for hydroxylation is 2. The van der Waals surface area contributed by atoms with Crippen molar-refractivity contribution in [1.29, 1.82) is 0 Å². The van der Waals surface area contributed by atoms with Gasteiger partial charge in [0.2, 0.25) is 0 Å². The summed E-state index contributed by atoms with van der Waals surface area (Å²) >= 11 is 0. The molecule has 0 unspecified atom stereocenters. The molecule has 5 rings (SSSR count). The number of carbonyl (C=O) groups excluding carboxylic acids is 1. The van der Waals surface area contributed by atoms with Gasteiger partial charge in [-0.2, -0.15) is 5.10 Å². The van der Waals surface area contributed by atoms with E-state index in [0.29, 0.717) is 30.2 Å². The van der Waals surface area contributed by atoms with Gasteiger partial charge in [0.25, 0.3) is 5.56 Å². The fourth-order valence-electron chi connectivity index (χ4n) is 5.04. The highest BCUT2D eigenvalue weighted by atomic mass is 16.5. The van der Waals surface area contributed by atoms with Crippen molar-refractivity contribution in [2.45, 2.75) is 66.7 Å². The topological polar surface area (TPSA) is 90.2 Å². The van der Waals surface area contributed by atoms with E-state index in [2.05, 4.69) is 31.4 Å². The van der Waals surface area contributed by atoms with Crippen molar-refractivity contribution >= 4 is 11.8 Å². The number of ether oxygens (including phenoxy) is 1. The Morgan fingerprint density at radius 2 is 1.53 bits per heavy atom. The first kappa shape index (κ1) is 31.3. The van der Waals surface area contributed by atoms with E-state index in [0.717, 1.165) is 39.3 Å². The van der Waals surface area contributed by atoms with E-state index in [1.54, 1.807) is 16.2 Å². The van der Waals surface area contributed by atoms with Crippen LogP contribution in [-0.4, -0.2) is 20.4 Å². The Labute approximate surface area is 264 Å². The number of urea groups is 1. The number of anilines is 1. The van der Waals surface area contributed by atoms with Gasteiger partial charge in [0.15, 0.2) is 0 Å². The van der Waals surface area contributed by atoms with Crippen LogP contribution in [0.4, 0.5) is 10.6 Å². The molecule has 2 N–H and O–H groups in total. The predicted octanol–water partition coefficient (Wildman–Crippen LogP) is 7.21. The minimum Gasteiger partial charge on any atom is -0.488 e. The molecule has 3 aromatic carbocycles. The maximum absolute atomic E-state index is 13.2. The van der Waals surface area contributed by atoms with Crippen molar-refractivity contribution in [3.63, 3.8) is 0 Å². The van der Waals surface area contributed by atoms with Crippen LogP contribution < -0.4 is 20.9 Å². The number of nitrogens with one attached hydrogen (secondary N) is 2. The predicted molar refractivity (Wildman–Crippen MR) is 179 cm³/mol. The van der Waals surface area contributed by atoms with Gasteiger partial charge in [-0.25, -0.2) is 9.48 Å².